The highest BCUT2D eigenvalue weighted by atomic mass is 32.2. The third-order valence-corrected chi connectivity index (χ3v) is 3.77. The maximum atomic E-state index is 4.17. The van der Waals surface area contributed by atoms with Gasteiger partial charge in [-0.2, -0.15) is 5.10 Å². The standard InChI is InChI=1S/C9H15N3S/c1-9(2)6-13-8(11-9)7-4-10-12(3)5-7/h4-5,8,11H,6H2,1-3H3. The largest absolute Gasteiger partial charge is 0.296 e. The zero-order chi connectivity index (χ0) is 9.47. The van der Waals surface area contributed by atoms with Crippen LogP contribution in [-0.2, 0) is 7.05 Å². The van der Waals surface area contributed by atoms with Crippen LogP contribution < -0.4 is 5.32 Å². The molecular weight excluding hydrogens is 182 g/mol. The summed E-state index contributed by atoms with van der Waals surface area (Å²) in [6.07, 6.45) is 4.01. The molecule has 0 aliphatic carbocycles. The van der Waals surface area contributed by atoms with Crippen molar-refractivity contribution < 1.29 is 0 Å². The third-order valence-electron chi connectivity index (χ3n) is 2.16. The zero-order valence-corrected chi connectivity index (χ0v) is 9.06. The lowest BCUT2D eigenvalue weighted by Crippen LogP contribution is -2.35. The third kappa shape index (κ3) is 1.89. The van der Waals surface area contributed by atoms with Crippen LogP contribution in [0.4, 0.5) is 0 Å². The average molecular weight is 197 g/mol. The van der Waals surface area contributed by atoms with E-state index in [1.54, 1.807) is 0 Å². The molecule has 0 spiro atoms. The molecule has 1 aliphatic rings. The minimum absolute atomic E-state index is 0.255. The van der Waals surface area contributed by atoms with Crippen molar-refractivity contribution in [2.45, 2.75) is 24.8 Å². The summed E-state index contributed by atoms with van der Waals surface area (Å²) in [5.74, 6) is 1.16. The minimum atomic E-state index is 0.255. The summed E-state index contributed by atoms with van der Waals surface area (Å²) in [4.78, 5) is 0. The monoisotopic (exact) mass is 197 g/mol. The number of hydrogen-bond donors (Lipinski definition) is 1. The number of aromatic nitrogens is 2. The average Bonchev–Trinajstić information content (AvgIpc) is 2.56. The quantitative estimate of drug-likeness (QED) is 0.740. The Hall–Kier alpha value is -0.480. The topological polar surface area (TPSA) is 29.9 Å². The number of nitrogens with one attached hydrogen (secondary N) is 1. The predicted octanol–water partition coefficient (Wildman–Crippen LogP) is 1.53. The molecular formula is C9H15N3S. The van der Waals surface area contributed by atoms with Crippen molar-refractivity contribution in [2.75, 3.05) is 5.75 Å². The Labute approximate surface area is 82.9 Å². The van der Waals surface area contributed by atoms with Gasteiger partial charge in [0.05, 0.1) is 11.6 Å². The molecule has 72 valence electrons. The molecule has 1 aliphatic heterocycles. The Morgan fingerprint density at radius 2 is 2.46 bits per heavy atom. The van der Waals surface area contributed by atoms with Crippen LogP contribution in [-0.4, -0.2) is 21.1 Å². The van der Waals surface area contributed by atoms with Crippen LogP contribution in [0, 0.1) is 0 Å². The van der Waals surface area contributed by atoms with Crippen molar-refractivity contribution in [2.24, 2.45) is 7.05 Å². The van der Waals surface area contributed by atoms with Gasteiger partial charge >= 0.3 is 0 Å². The molecule has 0 amide bonds. The van der Waals surface area contributed by atoms with Crippen LogP contribution in [0.1, 0.15) is 24.8 Å². The second-order valence-corrected chi connectivity index (χ2v) is 5.26. The summed E-state index contributed by atoms with van der Waals surface area (Å²) in [7, 11) is 1.95. The molecule has 0 aromatic carbocycles. The van der Waals surface area contributed by atoms with Crippen molar-refractivity contribution in [3.05, 3.63) is 18.0 Å². The van der Waals surface area contributed by atoms with E-state index in [-0.39, 0.29) is 5.54 Å². The number of hydrogen-bond acceptors (Lipinski definition) is 3. The molecule has 3 nitrogen and oxygen atoms in total. The molecule has 1 saturated heterocycles. The molecule has 2 heterocycles. The van der Waals surface area contributed by atoms with Crippen LogP contribution in [0.2, 0.25) is 0 Å². The fourth-order valence-electron chi connectivity index (χ4n) is 1.48. The highest BCUT2D eigenvalue weighted by Crippen LogP contribution is 2.36. The summed E-state index contributed by atoms with van der Waals surface area (Å²) in [6.45, 7) is 4.47. The first-order valence-corrected chi connectivity index (χ1v) is 5.49. The summed E-state index contributed by atoms with van der Waals surface area (Å²) < 4.78 is 1.85. The molecule has 2 rings (SSSR count). The van der Waals surface area contributed by atoms with E-state index in [9.17, 15) is 0 Å². The van der Waals surface area contributed by atoms with E-state index >= 15 is 0 Å². The highest BCUT2D eigenvalue weighted by molar-refractivity contribution is 7.99. The predicted molar refractivity (Wildman–Crippen MR) is 55.6 cm³/mol. The van der Waals surface area contributed by atoms with Gasteiger partial charge in [-0.3, -0.25) is 10.00 Å². The van der Waals surface area contributed by atoms with Crippen LogP contribution in [0.15, 0.2) is 12.4 Å². The van der Waals surface area contributed by atoms with Gasteiger partial charge in [-0.1, -0.05) is 0 Å². The van der Waals surface area contributed by atoms with E-state index in [1.807, 2.05) is 29.7 Å². The smallest absolute Gasteiger partial charge is 0.0825 e. The number of aryl methyl sites for hydroxylation is 1. The maximum Gasteiger partial charge on any atom is 0.0825 e. The van der Waals surface area contributed by atoms with Crippen LogP contribution in [0.3, 0.4) is 0 Å². The summed E-state index contributed by atoms with van der Waals surface area (Å²) in [5.41, 5.74) is 1.53. The second-order valence-electron chi connectivity index (χ2n) is 4.17. The number of nitrogens with zero attached hydrogens (tertiary/aromatic N) is 2. The van der Waals surface area contributed by atoms with E-state index in [0.29, 0.717) is 5.37 Å². The SMILES string of the molecule is Cn1cc(C2NC(C)(C)CS2)cn1. The van der Waals surface area contributed by atoms with Gasteiger partial charge in [0.1, 0.15) is 0 Å². The molecule has 1 unspecified atom stereocenters. The maximum absolute atomic E-state index is 4.17. The van der Waals surface area contributed by atoms with Gasteiger partial charge in [0.25, 0.3) is 0 Å². The van der Waals surface area contributed by atoms with Crippen LogP contribution in [0.5, 0.6) is 0 Å². The molecule has 13 heavy (non-hydrogen) atoms. The van der Waals surface area contributed by atoms with Crippen molar-refractivity contribution in [1.29, 1.82) is 0 Å². The lowest BCUT2D eigenvalue weighted by molar-refractivity contribution is 0.452. The summed E-state index contributed by atoms with van der Waals surface area (Å²) in [6, 6.07) is 0. The van der Waals surface area contributed by atoms with Gasteiger partial charge in [0, 0.05) is 30.1 Å². The number of thioether (sulfide) groups is 1. The Balaban J connectivity index is 2.12. The Kier molecular flexibility index (Phi) is 2.12. The van der Waals surface area contributed by atoms with E-state index in [4.69, 9.17) is 0 Å². The Morgan fingerprint density at radius 3 is 2.92 bits per heavy atom. The van der Waals surface area contributed by atoms with Crippen molar-refractivity contribution in [1.82, 2.24) is 15.1 Å². The summed E-state index contributed by atoms with van der Waals surface area (Å²) in [5, 5.41) is 8.16. The van der Waals surface area contributed by atoms with E-state index in [2.05, 4.69) is 30.5 Å². The van der Waals surface area contributed by atoms with Gasteiger partial charge in [0.2, 0.25) is 0 Å². The lowest BCUT2D eigenvalue weighted by Gasteiger charge is -2.17. The van der Waals surface area contributed by atoms with Crippen LogP contribution >= 0.6 is 11.8 Å². The molecule has 1 aromatic rings. The molecule has 0 radical (unpaired) electrons. The fourth-order valence-corrected chi connectivity index (χ4v) is 2.87. The van der Waals surface area contributed by atoms with Gasteiger partial charge < -0.3 is 0 Å². The molecule has 0 saturated carbocycles. The summed E-state index contributed by atoms with van der Waals surface area (Å²) >= 11 is 1.95. The Morgan fingerprint density at radius 1 is 1.69 bits per heavy atom. The molecule has 0 bridgehead atoms. The minimum Gasteiger partial charge on any atom is -0.296 e. The van der Waals surface area contributed by atoms with E-state index < -0.39 is 0 Å². The highest BCUT2D eigenvalue weighted by Gasteiger charge is 2.31. The molecule has 1 fully saturated rings. The van der Waals surface area contributed by atoms with Crippen molar-refractivity contribution >= 4 is 11.8 Å². The first-order chi connectivity index (χ1) is 6.07. The Bertz CT molecular complexity index is 306. The van der Waals surface area contributed by atoms with Gasteiger partial charge in [-0.05, 0) is 13.8 Å². The molecule has 4 heteroatoms. The normalized spacial score (nSPS) is 26.5. The second kappa shape index (κ2) is 3.03. The first kappa shape index (κ1) is 9.09. The van der Waals surface area contributed by atoms with Gasteiger partial charge in [-0.25, -0.2) is 0 Å². The first-order valence-electron chi connectivity index (χ1n) is 4.45. The van der Waals surface area contributed by atoms with Gasteiger partial charge in [-0.15, -0.1) is 11.8 Å². The van der Waals surface area contributed by atoms with Gasteiger partial charge in [0.15, 0.2) is 0 Å². The van der Waals surface area contributed by atoms with Crippen molar-refractivity contribution in [3.63, 3.8) is 0 Å². The van der Waals surface area contributed by atoms with E-state index in [1.165, 1.54) is 5.56 Å². The lowest BCUT2D eigenvalue weighted by atomic mass is 10.1. The van der Waals surface area contributed by atoms with E-state index in [0.717, 1.165) is 5.75 Å². The molecule has 1 N–H and O–H groups in total. The number of rotatable bonds is 1. The fraction of sp³-hybridized carbons (Fsp3) is 0.667. The van der Waals surface area contributed by atoms with Crippen molar-refractivity contribution in [3.8, 4) is 0 Å². The molecule has 1 atom stereocenters. The zero-order valence-electron chi connectivity index (χ0n) is 8.24. The van der Waals surface area contributed by atoms with Crippen LogP contribution in [0.25, 0.3) is 0 Å². The molecule has 1 aromatic heterocycles.